The average molecular weight is 379 g/mol. The fourth-order valence-corrected chi connectivity index (χ4v) is 2.59. The number of hydrogen-bond donors (Lipinski definition) is 2. The average Bonchev–Trinajstić information content (AvgIpc) is 2.55. The van der Waals surface area contributed by atoms with Crippen LogP contribution in [0.3, 0.4) is 0 Å². The van der Waals surface area contributed by atoms with Crippen molar-refractivity contribution in [3.8, 4) is 0 Å². The second-order valence-corrected chi connectivity index (χ2v) is 6.29. The van der Waals surface area contributed by atoms with Crippen LogP contribution >= 0.6 is 15.9 Å². The van der Waals surface area contributed by atoms with E-state index in [9.17, 15) is 9.18 Å². The van der Waals surface area contributed by atoms with Crippen molar-refractivity contribution in [1.82, 2.24) is 5.32 Å². The number of nitrogens with one attached hydrogen (secondary N) is 2. The summed E-state index contributed by atoms with van der Waals surface area (Å²) < 4.78 is 14.6. The van der Waals surface area contributed by atoms with Gasteiger partial charge in [0.05, 0.1) is 11.7 Å². The molecule has 2 aromatic carbocycles. The highest BCUT2D eigenvalue weighted by Crippen LogP contribution is 2.20. The van der Waals surface area contributed by atoms with Crippen molar-refractivity contribution in [3.63, 3.8) is 0 Å². The van der Waals surface area contributed by atoms with Gasteiger partial charge in [0.25, 0.3) is 0 Å². The van der Waals surface area contributed by atoms with E-state index in [0.29, 0.717) is 0 Å². The smallest absolute Gasteiger partial charge is 0.241 e. The van der Waals surface area contributed by atoms with Gasteiger partial charge in [-0.1, -0.05) is 47.1 Å². The minimum Gasteiger partial charge on any atom is -0.322 e. The molecule has 3 nitrogen and oxygen atoms in total. The van der Waals surface area contributed by atoms with Crippen LogP contribution in [0.2, 0.25) is 0 Å². The Morgan fingerprint density at radius 2 is 1.83 bits per heavy atom. The molecule has 0 unspecified atom stereocenters. The largest absolute Gasteiger partial charge is 0.322 e. The first-order valence-electron chi connectivity index (χ1n) is 7.58. The summed E-state index contributed by atoms with van der Waals surface area (Å²) in [5, 5.41) is 5.91. The molecule has 0 aliphatic carbocycles. The molecule has 0 radical (unpaired) electrons. The van der Waals surface area contributed by atoms with Crippen molar-refractivity contribution < 1.29 is 9.18 Å². The van der Waals surface area contributed by atoms with Crippen LogP contribution in [-0.4, -0.2) is 11.9 Å². The molecule has 2 atom stereocenters. The first-order valence-corrected chi connectivity index (χ1v) is 8.37. The molecule has 2 N–H and O–H groups in total. The number of para-hydroxylation sites is 1. The van der Waals surface area contributed by atoms with Crippen LogP contribution < -0.4 is 10.6 Å². The lowest BCUT2D eigenvalue weighted by Gasteiger charge is -2.22. The Hall–Kier alpha value is -1.72. The highest BCUT2D eigenvalue weighted by molar-refractivity contribution is 9.10. The van der Waals surface area contributed by atoms with E-state index in [1.54, 1.807) is 25.1 Å². The molecule has 0 aliphatic rings. The summed E-state index contributed by atoms with van der Waals surface area (Å²) in [4.78, 5) is 12.3. The van der Waals surface area contributed by atoms with Gasteiger partial charge in [0.1, 0.15) is 5.82 Å². The molecule has 0 fully saturated rings. The fourth-order valence-electron chi connectivity index (χ4n) is 2.33. The van der Waals surface area contributed by atoms with Crippen molar-refractivity contribution in [2.45, 2.75) is 32.4 Å². The summed E-state index contributed by atoms with van der Waals surface area (Å²) in [7, 11) is 0. The SMILES string of the molecule is CC[C@H](N[C@H](C)C(=O)Nc1ccccc1F)c1ccc(Br)cc1. The van der Waals surface area contributed by atoms with Crippen LogP contribution in [-0.2, 0) is 4.79 Å². The van der Waals surface area contributed by atoms with Gasteiger partial charge in [-0.3, -0.25) is 10.1 Å². The number of halogens is 2. The molecule has 0 saturated heterocycles. The number of hydrogen-bond acceptors (Lipinski definition) is 2. The third kappa shape index (κ3) is 4.88. The molecule has 0 spiro atoms. The predicted molar refractivity (Wildman–Crippen MR) is 94.8 cm³/mol. The fraction of sp³-hybridized carbons (Fsp3) is 0.278. The Balaban J connectivity index is 2.01. The van der Waals surface area contributed by atoms with Crippen LogP contribution in [0.5, 0.6) is 0 Å². The Morgan fingerprint density at radius 1 is 1.17 bits per heavy atom. The van der Waals surface area contributed by atoms with Gasteiger partial charge in [-0.05, 0) is 43.2 Å². The maximum absolute atomic E-state index is 13.6. The summed E-state index contributed by atoms with van der Waals surface area (Å²) >= 11 is 3.41. The Kier molecular flexibility index (Phi) is 6.30. The second-order valence-electron chi connectivity index (χ2n) is 5.37. The minimum absolute atomic E-state index is 0.0597. The number of anilines is 1. The highest BCUT2D eigenvalue weighted by atomic mass is 79.9. The molecule has 2 rings (SSSR count). The van der Waals surface area contributed by atoms with Crippen LogP contribution in [0.1, 0.15) is 31.9 Å². The van der Waals surface area contributed by atoms with Gasteiger partial charge in [0.15, 0.2) is 0 Å². The van der Waals surface area contributed by atoms with E-state index in [-0.39, 0.29) is 17.6 Å². The van der Waals surface area contributed by atoms with Gasteiger partial charge in [0.2, 0.25) is 5.91 Å². The standard InChI is InChI=1S/C18H20BrFN2O/c1-3-16(13-8-10-14(19)11-9-13)21-12(2)18(23)22-17-7-5-4-6-15(17)20/h4-12,16,21H,3H2,1-2H3,(H,22,23)/t12-,16+/m1/s1. The Morgan fingerprint density at radius 3 is 2.43 bits per heavy atom. The van der Waals surface area contributed by atoms with Gasteiger partial charge in [0, 0.05) is 10.5 Å². The molecule has 0 saturated carbocycles. The molecule has 1 amide bonds. The van der Waals surface area contributed by atoms with Crippen molar-refractivity contribution in [2.24, 2.45) is 0 Å². The van der Waals surface area contributed by atoms with Crippen molar-refractivity contribution in [3.05, 3.63) is 64.4 Å². The zero-order valence-corrected chi connectivity index (χ0v) is 14.7. The zero-order valence-electron chi connectivity index (χ0n) is 13.1. The number of carbonyl (C=O) groups is 1. The normalized spacial score (nSPS) is 13.4. The van der Waals surface area contributed by atoms with E-state index < -0.39 is 11.9 Å². The summed E-state index contributed by atoms with van der Waals surface area (Å²) in [6.07, 6.45) is 0.846. The van der Waals surface area contributed by atoms with Gasteiger partial charge < -0.3 is 5.32 Å². The van der Waals surface area contributed by atoms with Crippen molar-refractivity contribution in [1.29, 1.82) is 0 Å². The second kappa shape index (κ2) is 8.22. The van der Waals surface area contributed by atoms with Crippen LogP contribution in [0.4, 0.5) is 10.1 Å². The predicted octanol–water partition coefficient (Wildman–Crippen LogP) is 4.66. The first-order chi connectivity index (χ1) is 11.0. The number of rotatable bonds is 6. The summed E-state index contributed by atoms with van der Waals surface area (Å²) in [5.41, 5.74) is 1.31. The quantitative estimate of drug-likeness (QED) is 0.767. The lowest BCUT2D eigenvalue weighted by atomic mass is 10.0. The molecule has 2 aromatic rings. The summed E-state index contributed by atoms with van der Waals surface area (Å²) in [6.45, 7) is 3.83. The molecule has 0 heterocycles. The highest BCUT2D eigenvalue weighted by Gasteiger charge is 2.19. The van der Waals surface area contributed by atoms with E-state index in [1.807, 2.05) is 24.3 Å². The Bertz CT molecular complexity index is 660. The van der Waals surface area contributed by atoms with Gasteiger partial charge in [-0.2, -0.15) is 0 Å². The molecule has 0 aliphatic heterocycles. The van der Waals surface area contributed by atoms with E-state index in [4.69, 9.17) is 0 Å². The van der Waals surface area contributed by atoms with E-state index in [2.05, 4.69) is 33.5 Å². The van der Waals surface area contributed by atoms with Crippen LogP contribution in [0.15, 0.2) is 53.0 Å². The maximum atomic E-state index is 13.6. The third-order valence-corrected chi connectivity index (χ3v) is 4.19. The molecular formula is C18H20BrFN2O. The molecule has 5 heteroatoms. The van der Waals surface area contributed by atoms with Gasteiger partial charge in [-0.15, -0.1) is 0 Å². The monoisotopic (exact) mass is 378 g/mol. The van der Waals surface area contributed by atoms with Gasteiger partial charge >= 0.3 is 0 Å². The maximum Gasteiger partial charge on any atom is 0.241 e. The number of benzene rings is 2. The zero-order chi connectivity index (χ0) is 16.8. The Labute approximate surface area is 144 Å². The third-order valence-electron chi connectivity index (χ3n) is 3.66. The molecule has 0 aromatic heterocycles. The first kappa shape index (κ1) is 17.6. The number of carbonyl (C=O) groups excluding carboxylic acids is 1. The van der Waals surface area contributed by atoms with Crippen LogP contribution in [0, 0.1) is 5.82 Å². The van der Waals surface area contributed by atoms with E-state index in [1.165, 1.54) is 6.07 Å². The van der Waals surface area contributed by atoms with Crippen molar-refractivity contribution in [2.75, 3.05) is 5.32 Å². The van der Waals surface area contributed by atoms with E-state index in [0.717, 1.165) is 16.5 Å². The minimum atomic E-state index is -0.441. The van der Waals surface area contributed by atoms with Crippen molar-refractivity contribution >= 4 is 27.5 Å². The molecule has 23 heavy (non-hydrogen) atoms. The van der Waals surface area contributed by atoms with Crippen LogP contribution in [0.25, 0.3) is 0 Å². The van der Waals surface area contributed by atoms with Gasteiger partial charge in [-0.25, -0.2) is 4.39 Å². The molecular weight excluding hydrogens is 359 g/mol. The van der Waals surface area contributed by atoms with E-state index >= 15 is 0 Å². The topological polar surface area (TPSA) is 41.1 Å². The lowest BCUT2D eigenvalue weighted by Crippen LogP contribution is -2.40. The molecule has 122 valence electrons. The molecule has 0 bridgehead atoms. The number of amides is 1. The summed E-state index contributed by atoms with van der Waals surface area (Å²) in [5.74, 6) is -0.696. The summed E-state index contributed by atoms with van der Waals surface area (Å²) in [6, 6.07) is 13.8. The lowest BCUT2D eigenvalue weighted by molar-refractivity contribution is -0.118.